The molecular formula is C9H16N4O2. The zero-order valence-electron chi connectivity index (χ0n) is 8.90. The molecule has 0 unspecified atom stereocenters. The van der Waals surface area contributed by atoms with Crippen LogP contribution in [0.25, 0.3) is 0 Å². The first kappa shape index (κ1) is 11.7. The van der Waals surface area contributed by atoms with Crippen molar-refractivity contribution in [3.8, 4) is 5.88 Å². The van der Waals surface area contributed by atoms with Gasteiger partial charge in [0.1, 0.15) is 12.1 Å². The van der Waals surface area contributed by atoms with Gasteiger partial charge in [-0.3, -0.25) is 0 Å². The molecule has 6 heteroatoms. The van der Waals surface area contributed by atoms with Crippen LogP contribution in [0.2, 0.25) is 0 Å². The largest absolute Gasteiger partial charge is 0.481 e. The van der Waals surface area contributed by atoms with Gasteiger partial charge >= 0.3 is 0 Å². The molecule has 0 bridgehead atoms. The van der Waals surface area contributed by atoms with E-state index in [1.54, 1.807) is 0 Å². The number of nitrogens with two attached hydrogens (primary N) is 1. The molecule has 0 aliphatic carbocycles. The molecule has 0 saturated carbocycles. The van der Waals surface area contributed by atoms with Crippen molar-refractivity contribution < 1.29 is 9.84 Å². The molecule has 0 saturated heterocycles. The Morgan fingerprint density at radius 3 is 2.93 bits per heavy atom. The van der Waals surface area contributed by atoms with Gasteiger partial charge in [-0.25, -0.2) is 9.97 Å². The maximum Gasteiger partial charge on any atom is 0.222 e. The Kier molecular flexibility index (Phi) is 4.26. The van der Waals surface area contributed by atoms with Crippen LogP contribution < -0.4 is 15.8 Å². The number of methoxy groups -OCH3 is 1. The summed E-state index contributed by atoms with van der Waals surface area (Å²) in [5.74, 6) is 0.847. The molecule has 0 radical (unpaired) electrons. The first-order valence-corrected chi connectivity index (χ1v) is 4.66. The van der Waals surface area contributed by atoms with Gasteiger partial charge in [-0.15, -0.1) is 0 Å². The number of nitrogen functional groups attached to an aromatic ring is 1. The molecule has 0 amide bonds. The van der Waals surface area contributed by atoms with Crippen LogP contribution >= 0.6 is 0 Å². The van der Waals surface area contributed by atoms with E-state index in [1.807, 2.05) is 6.92 Å². The molecule has 1 heterocycles. The smallest absolute Gasteiger partial charge is 0.222 e. The summed E-state index contributed by atoms with van der Waals surface area (Å²) >= 11 is 0. The summed E-state index contributed by atoms with van der Waals surface area (Å²) in [7, 11) is 1.53. The van der Waals surface area contributed by atoms with E-state index in [0.29, 0.717) is 23.8 Å². The molecule has 84 valence electrons. The number of aromatic nitrogens is 2. The summed E-state index contributed by atoms with van der Waals surface area (Å²) in [6.07, 6.45) is 1.35. The van der Waals surface area contributed by atoms with Crippen LogP contribution in [0.3, 0.4) is 0 Å². The Balaban J connectivity index is 2.74. The number of hydrogen-bond donors (Lipinski definition) is 3. The normalized spacial score (nSPS) is 12.5. The average Bonchev–Trinajstić information content (AvgIpc) is 2.26. The molecule has 1 aromatic rings. The van der Waals surface area contributed by atoms with Crippen molar-refractivity contribution in [3.63, 3.8) is 0 Å². The van der Waals surface area contributed by atoms with Crippen molar-refractivity contribution in [2.45, 2.75) is 19.5 Å². The monoisotopic (exact) mass is 212 g/mol. The van der Waals surface area contributed by atoms with Crippen LogP contribution in [0, 0.1) is 0 Å². The van der Waals surface area contributed by atoms with Crippen LogP contribution in [-0.4, -0.2) is 34.8 Å². The third kappa shape index (κ3) is 3.03. The number of aliphatic hydroxyl groups is 1. The second kappa shape index (κ2) is 5.47. The minimum Gasteiger partial charge on any atom is -0.481 e. The van der Waals surface area contributed by atoms with Crippen molar-refractivity contribution in [1.82, 2.24) is 15.3 Å². The number of nitrogens with zero attached hydrogens (tertiary/aromatic N) is 2. The lowest BCUT2D eigenvalue weighted by molar-refractivity contribution is 0.250. The van der Waals surface area contributed by atoms with E-state index in [2.05, 4.69) is 15.3 Å². The van der Waals surface area contributed by atoms with Gasteiger partial charge < -0.3 is 20.9 Å². The highest BCUT2D eigenvalue weighted by Gasteiger charge is 2.10. The van der Waals surface area contributed by atoms with E-state index < -0.39 is 0 Å². The molecule has 0 aliphatic rings. The van der Waals surface area contributed by atoms with Gasteiger partial charge in [0.15, 0.2) is 0 Å². The molecule has 0 spiro atoms. The number of anilines is 1. The first-order valence-electron chi connectivity index (χ1n) is 4.66. The number of aliphatic hydroxyl groups excluding tert-OH is 1. The lowest BCUT2D eigenvalue weighted by atomic mass is 10.2. The maximum atomic E-state index is 8.85. The topological polar surface area (TPSA) is 93.3 Å². The highest BCUT2D eigenvalue weighted by Crippen LogP contribution is 2.18. The van der Waals surface area contributed by atoms with Gasteiger partial charge in [0.05, 0.1) is 19.3 Å². The Hall–Kier alpha value is -1.40. The van der Waals surface area contributed by atoms with Crippen molar-refractivity contribution >= 4 is 5.82 Å². The minimum absolute atomic E-state index is 0.00527. The summed E-state index contributed by atoms with van der Waals surface area (Å²) in [5.41, 5.74) is 6.40. The van der Waals surface area contributed by atoms with E-state index in [0.717, 1.165) is 0 Å². The number of nitrogens with one attached hydrogen (secondary N) is 1. The summed E-state index contributed by atoms with van der Waals surface area (Å²) in [6.45, 7) is 2.40. The fraction of sp³-hybridized carbons (Fsp3) is 0.556. The van der Waals surface area contributed by atoms with Crippen molar-refractivity contribution in [1.29, 1.82) is 0 Å². The second-order valence-corrected chi connectivity index (χ2v) is 3.21. The lowest BCUT2D eigenvalue weighted by Crippen LogP contribution is -2.29. The van der Waals surface area contributed by atoms with E-state index in [-0.39, 0.29) is 12.6 Å². The molecule has 4 N–H and O–H groups in total. The van der Waals surface area contributed by atoms with E-state index >= 15 is 0 Å². The molecular weight excluding hydrogens is 196 g/mol. The first-order chi connectivity index (χ1) is 7.19. The highest BCUT2D eigenvalue weighted by atomic mass is 16.5. The van der Waals surface area contributed by atoms with Crippen molar-refractivity contribution in [2.75, 3.05) is 19.5 Å². The molecule has 6 nitrogen and oxygen atoms in total. The molecule has 1 aromatic heterocycles. The van der Waals surface area contributed by atoms with Crippen LogP contribution in [0.5, 0.6) is 5.88 Å². The van der Waals surface area contributed by atoms with Crippen LogP contribution in [0.4, 0.5) is 5.82 Å². The second-order valence-electron chi connectivity index (χ2n) is 3.21. The van der Waals surface area contributed by atoms with Crippen molar-refractivity contribution in [2.24, 2.45) is 0 Å². The van der Waals surface area contributed by atoms with Gasteiger partial charge in [0, 0.05) is 12.6 Å². The molecule has 0 fully saturated rings. The Labute approximate surface area is 88.5 Å². The number of hydrogen-bond acceptors (Lipinski definition) is 6. The van der Waals surface area contributed by atoms with Gasteiger partial charge in [0.2, 0.25) is 5.88 Å². The minimum atomic E-state index is -0.00527. The molecule has 1 atom stereocenters. The number of rotatable bonds is 5. The highest BCUT2D eigenvalue weighted by molar-refractivity contribution is 5.44. The Morgan fingerprint density at radius 2 is 2.33 bits per heavy atom. The van der Waals surface area contributed by atoms with E-state index in [4.69, 9.17) is 15.6 Å². The van der Waals surface area contributed by atoms with Crippen molar-refractivity contribution in [3.05, 3.63) is 11.9 Å². The molecule has 0 aromatic carbocycles. The Morgan fingerprint density at radius 1 is 1.60 bits per heavy atom. The van der Waals surface area contributed by atoms with Gasteiger partial charge in [0.25, 0.3) is 0 Å². The standard InChI is InChI=1S/C9H16N4O2/c1-6(4-14)11-3-7-8(10)12-5-13-9(7)15-2/h5-6,11,14H,3-4H2,1-2H3,(H2,10,12,13)/t6-/m0/s1. The predicted octanol–water partition coefficient (Wildman–Crippen LogP) is -0.462. The van der Waals surface area contributed by atoms with Crippen LogP contribution in [-0.2, 0) is 6.54 Å². The molecule has 1 rings (SSSR count). The SMILES string of the molecule is COc1ncnc(N)c1CN[C@@H](C)CO. The summed E-state index contributed by atoms with van der Waals surface area (Å²) < 4.78 is 5.06. The zero-order valence-corrected chi connectivity index (χ0v) is 8.90. The summed E-state index contributed by atoms with van der Waals surface area (Å²) in [4.78, 5) is 7.82. The van der Waals surface area contributed by atoms with Gasteiger partial charge in [-0.2, -0.15) is 0 Å². The average molecular weight is 212 g/mol. The fourth-order valence-corrected chi connectivity index (χ4v) is 1.09. The number of ether oxygens (including phenoxy) is 1. The Bertz CT molecular complexity index is 319. The molecule has 15 heavy (non-hydrogen) atoms. The summed E-state index contributed by atoms with van der Waals surface area (Å²) in [5, 5.41) is 11.9. The third-order valence-corrected chi connectivity index (χ3v) is 2.03. The van der Waals surface area contributed by atoms with Crippen LogP contribution in [0.15, 0.2) is 6.33 Å². The fourth-order valence-electron chi connectivity index (χ4n) is 1.09. The summed E-state index contributed by atoms with van der Waals surface area (Å²) in [6, 6.07) is -0.00527. The van der Waals surface area contributed by atoms with E-state index in [1.165, 1.54) is 13.4 Å². The van der Waals surface area contributed by atoms with Crippen LogP contribution in [0.1, 0.15) is 12.5 Å². The van der Waals surface area contributed by atoms with E-state index in [9.17, 15) is 0 Å². The zero-order chi connectivity index (χ0) is 11.3. The van der Waals surface area contributed by atoms with Gasteiger partial charge in [-0.05, 0) is 6.92 Å². The third-order valence-electron chi connectivity index (χ3n) is 2.03. The van der Waals surface area contributed by atoms with Gasteiger partial charge in [-0.1, -0.05) is 0 Å². The quantitative estimate of drug-likeness (QED) is 0.611. The lowest BCUT2D eigenvalue weighted by Gasteiger charge is -2.13. The molecule has 0 aliphatic heterocycles. The predicted molar refractivity (Wildman–Crippen MR) is 56.4 cm³/mol. The maximum absolute atomic E-state index is 8.85.